The number of hydrogen-bond acceptors (Lipinski definition) is 5. The Bertz CT molecular complexity index is 764. The SMILES string of the molecule is CC(C)C[C@H](CC(=O)NO)C(=O)N[C@@H]1Cc2ccccc2[C@@H](C(=O)O)NC1=O. The van der Waals surface area contributed by atoms with Crippen LogP contribution in [0.5, 0.6) is 0 Å². The van der Waals surface area contributed by atoms with Crippen LogP contribution in [-0.4, -0.2) is 40.0 Å². The highest BCUT2D eigenvalue weighted by Crippen LogP contribution is 2.24. The normalized spacial score (nSPS) is 19.8. The molecule has 0 saturated carbocycles. The molecule has 0 radical (unpaired) electrons. The van der Waals surface area contributed by atoms with Crippen LogP contribution in [0.3, 0.4) is 0 Å². The standard InChI is InChI=1S/C19H25N3O6/c1-10(2)7-12(9-15(23)22-28)17(24)20-14-8-11-5-3-4-6-13(11)16(19(26)27)21-18(14)25/h3-6,10,12,14,16,28H,7-9H2,1-2H3,(H,20,24)(H,21,25)(H,22,23)(H,26,27)/t12-,14-,16+/m1/s1. The lowest BCUT2D eigenvalue weighted by Crippen LogP contribution is -2.50. The van der Waals surface area contributed by atoms with Gasteiger partial charge in [-0.2, -0.15) is 0 Å². The molecule has 0 unspecified atom stereocenters. The number of nitrogens with one attached hydrogen (secondary N) is 3. The lowest BCUT2D eigenvalue weighted by Gasteiger charge is -2.22. The summed E-state index contributed by atoms with van der Waals surface area (Å²) in [6.45, 7) is 3.78. The monoisotopic (exact) mass is 391 g/mol. The predicted molar refractivity (Wildman–Crippen MR) is 98.1 cm³/mol. The molecule has 2 rings (SSSR count). The first-order valence-corrected chi connectivity index (χ1v) is 9.07. The summed E-state index contributed by atoms with van der Waals surface area (Å²) in [5, 5.41) is 23.3. The maximum atomic E-state index is 12.7. The molecule has 1 aliphatic heterocycles. The van der Waals surface area contributed by atoms with Gasteiger partial charge in [-0.05, 0) is 23.5 Å². The van der Waals surface area contributed by atoms with Crippen molar-refractivity contribution in [1.82, 2.24) is 16.1 Å². The minimum atomic E-state index is -1.20. The number of carboxylic acid groups (broad SMARTS) is 1. The van der Waals surface area contributed by atoms with Crippen LogP contribution in [0.2, 0.25) is 0 Å². The van der Waals surface area contributed by atoms with E-state index in [4.69, 9.17) is 5.21 Å². The van der Waals surface area contributed by atoms with Gasteiger partial charge in [0.25, 0.3) is 0 Å². The van der Waals surface area contributed by atoms with E-state index < -0.39 is 41.7 Å². The summed E-state index contributed by atoms with van der Waals surface area (Å²) in [7, 11) is 0. The minimum absolute atomic E-state index is 0.113. The van der Waals surface area contributed by atoms with Crippen LogP contribution in [0.15, 0.2) is 24.3 Å². The predicted octanol–water partition coefficient (Wildman–Crippen LogP) is 0.527. The van der Waals surface area contributed by atoms with Gasteiger partial charge in [0.1, 0.15) is 6.04 Å². The van der Waals surface area contributed by atoms with Gasteiger partial charge in [-0.3, -0.25) is 19.6 Å². The number of hydroxylamine groups is 1. The number of aliphatic carboxylic acids is 1. The van der Waals surface area contributed by atoms with E-state index in [1.165, 1.54) is 5.48 Å². The van der Waals surface area contributed by atoms with Crippen LogP contribution in [0.4, 0.5) is 0 Å². The fraction of sp³-hybridized carbons (Fsp3) is 0.474. The smallest absolute Gasteiger partial charge is 0.330 e. The van der Waals surface area contributed by atoms with Crippen molar-refractivity contribution in [2.24, 2.45) is 11.8 Å². The van der Waals surface area contributed by atoms with E-state index in [-0.39, 0.29) is 18.8 Å². The van der Waals surface area contributed by atoms with Gasteiger partial charge in [0.15, 0.2) is 6.04 Å². The van der Waals surface area contributed by atoms with Crippen LogP contribution in [0.1, 0.15) is 43.9 Å². The molecule has 28 heavy (non-hydrogen) atoms. The molecule has 5 N–H and O–H groups in total. The van der Waals surface area contributed by atoms with Crippen molar-refractivity contribution in [2.45, 2.75) is 45.2 Å². The topological polar surface area (TPSA) is 145 Å². The Morgan fingerprint density at radius 1 is 1.25 bits per heavy atom. The number of carbonyl (C=O) groups is 4. The zero-order valence-electron chi connectivity index (χ0n) is 15.8. The molecule has 9 heteroatoms. The zero-order chi connectivity index (χ0) is 20.8. The van der Waals surface area contributed by atoms with Crippen LogP contribution in [0, 0.1) is 11.8 Å². The van der Waals surface area contributed by atoms with Gasteiger partial charge in [0, 0.05) is 18.8 Å². The maximum absolute atomic E-state index is 12.7. The van der Waals surface area contributed by atoms with Crippen LogP contribution >= 0.6 is 0 Å². The Morgan fingerprint density at radius 2 is 1.93 bits per heavy atom. The quantitative estimate of drug-likeness (QED) is 0.339. The lowest BCUT2D eigenvalue weighted by atomic mass is 9.92. The highest BCUT2D eigenvalue weighted by molar-refractivity contribution is 5.93. The molecule has 9 nitrogen and oxygen atoms in total. The zero-order valence-corrected chi connectivity index (χ0v) is 15.8. The summed E-state index contributed by atoms with van der Waals surface area (Å²) >= 11 is 0. The van der Waals surface area contributed by atoms with Crippen molar-refractivity contribution in [3.63, 3.8) is 0 Å². The Hall–Kier alpha value is -2.94. The number of fused-ring (bicyclic) bond motifs is 1. The van der Waals surface area contributed by atoms with Crippen molar-refractivity contribution < 1.29 is 29.5 Å². The number of carbonyl (C=O) groups excluding carboxylic acids is 3. The average molecular weight is 391 g/mol. The van der Waals surface area contributed by atoms with Gasteiger partial charge in [0.05, 0.1) is 0 Å². The molecule has 0 spiro atoms. The summed E-state index contributed by atoms with van der Waals surface area (Å²) in [4.78, 5) is 48.3. The Labute approximate surface area is 162 Å². The van der Waals surface area contributed by atoms with E-state index in [1.807, 2.05) is 13.8 Å². The van der Waals surface area contributed by atoms with Crippen molar-refractivity contribution in [3.05, 3.63) is 35.4 Å². The minimum Gasteiger partial charge on any atom is -0.479 e. The van der Waals surface area contributed by atoms with Gasteiger partial charge < -0.3 is 15.7 Å². The van der Waals surface area contributed by atoms with Gasteiger partial charge in [-0.25, -0.2) is 10.3 Å². The molecule has 152 valence electrons. The second-order valence-electron chi connectivity index (χ2n) is 7.31. The van der Waals surface area contributed by atoms with E-state index in [0.717, 1.165) is 0 Å². The average Bonchev–Trinajstić information content (AvgIpc) is 2.77. The fourth-order valence-electron chi connectivity index (χ4n) is 3.36. The van der Waals surface area contributed by atoms with E-state index >= 15 is 0 Å². The number of rotatable bonds is 7. The summed E-state index contributed by atoms with van der Waals surface area (Å²) < 4.78 is 0. The number of benzene rings is 1. The number of carboxylic acids is 1. The molecule has 0 aromatic heterocycles. The summed E-state index contributed by atoms with van der Waals surface area (Å²) in [6.07, 6.45) is 0.309. The Balaban J connectivity index is 2.22. The molecule has 1 heterocycles. The second kappa shape index (κ2) is 9.32. The molecule has 1 aliphatic rings. The highest BCUT2D eigenvalue weighted by atomic mass is 16.5. The van der Waals surface area contributed by atoms with E-state index in [1.54, 1.807) is 24.3 Å². The van der Waals surface area contributed by atoms with E-state index in [9.17, 15) is 24.3 Å². The fourth-order valence-corrected chi connectivity index (χ4v) is 3.36. The first-order valence-electron chi connectivity index (χ1n) is 9.07. The van der Waals surface area contributed by atoms with E-state index in [2.05, 4.69) is 10.6 Å². The second-order valence-corrected chi connectivity index (χ2v) is 7.31. The number of hydrogen-bond donors (Lipinski definition) is 5. The van der Waals surface area contributed by atoms with Gasteiger partial charge in [-0.15, -0.1) is 0 Å². The van der Waals surface area contributed by atoms with E-state index in [0.29, 0.717) is 17.5 Å². The van der Waals surface area contributed by atoms with Gasteiger partial charge in [-0.1, -0.05) is 38.1 Å². The largest absolute Gasteiger partial charge is 0.479 e. The third-order valence-electron chi connectivity index (χ3n) is 4.64. The molecule has 1 aromatic carbocycles. The summed E-state index contributed by atoms with van der Waals surface area (Å²) in [5.41, 5.74) is 2.63. The highest BCUT2D eigenvalue weighted by Gasteiger charge is 2.35. The molecule has 0 fully saturated rings. The van der Waals surface area contributed by atoms with Crippen LogP contribution < -0.4 is 16.1 Å². The van der Waals surface area contributed by atoms with Crippen molar-refractivity contribution in [1.29, 1.82) is 0 Å². The third-order valence-corrected chi connectivity index (χ3v) is 4.64. The third kappa shape index (κ3) is 5.29. The lowest BCUT2D eigenvalue weighted by molar-refractivity contribution is -0.142. The summed E-state index contributed by atoms with van der Waals surface area (Å²) in [6, 6.07) is 4.61. The maximum Gasteiger partial charge on any atom is 0.330 e. The molecule has 0 bridgehead atoms. The molecular weight excluding hydrogens is 366 g/mol. The summed E-state index contributed by atoms with van der Waals surface area (Å²) in [5.74, 6) is -3.60. The first-order chi connectivity index (χ1) is 13.2. The van der Waals surface area contributed by atoms with Crippen molar-refractivity contribution in [2.75, 3.05) is 0 Å². The van der Waals surface area contributed by atoms with Crippen molar-refractivity contribution in [3.8, 4) is 0 Å². The van der Waals surface area contributed by atoms with Crippen LogP contribution in [-0.2, 0) is 25.6 Å². The first kappa shape index (κ1) is 21.4. The van der Waals surface area contributed by atoms with Gasteiger partial charge in [0.2, 0.25) is 17.7 Å². The van der Waals surface area contributed by atoms with Gasteiger partial charge >= 0.3 is 5.97 Å². The van der Waals surface area contributed by atoms with Crippen molar-refractivity contribution >= 4 is 23.7 Å². The Morgan fingerprint density at radius 3 is 2.54 bits per heavy atom. The Kier molecular flexibility index (Phi) is 7.11. The number of amides is 3. The van der Waals surface area contributed by atoms with Crippen LogP contribution in [0.25, 0.3) is 0 Å². The molecule has 0 aliphatic carbocycles. The molecule has 3 amide bonds. The molecule has 3 atom stereocenters. The molecule has 1 aromatic rings. The molecular formula is C19H25N3O6. The molecule has 0 saturated heterocycles.